The van der Waals surface area contributed by atoms with Crippen molar-refractivity contribution in [3.8, 4) is 6.07 Å². The van der Waals surface area contributed by atoms with Gasteiger partial charge in [0.2, 0.25) is 0 Å². The molecule has 2 nitrogen and oxygen atoms in total. The van der Waals surface area contributed by atoms with Crippen molar-refractivity contribution in [3.63, 3.8) is 0 Å². The molecule has 1 atom stereocenters. The van der Waals surface area contributed by atoms with E-state index < -0.39 is 0 Å². The Kier molecular flexibility index (Phi) is 7.92. The monoisotopic (exact) mass is 244 g/mol. The Morgan fingerprint density at radius 1 is 0.944 bits per heavy atom. The van der Waals surface area contributed by atoms with Crippen LogP contribution in [-0.4, -0.2) is 6.04 Å². The third kappa shape index (κ3) is 7.09. The Balaban J connectivity index is 1.89. The zero-order valence-corrected chi connectivity index (χ0v) is 11.1. The van der Waals surface area contributed by atoms with Crippen LogP contribution in [0.2, 0.25) is 0 Å². The summed E-state index contributed by atoms with van der Waals surface area (Å²) in [6.07, 6.45) is 9.50. The van der Waals surface area contributed by atoms with Crippen LogP contribution in [0.4, 0.5) is 0 Å². The summed E-state index contributed by atoms with van der Waals surface area (Å²) < 4.78 is 0. The fraction of sp³-hybridized carbons (Fsp3) is 0.562. The summed E-state index contributed by atoms with van der Waals surface area (Å²) in [6, 6.07) is 12.5. The number of nitrogens with two attached hydrogens (primary N) is 1. The molecule has 0 aliphatic rings. The first kappa shape index (κ1) is 14.7. The normalized spacial score (nSPS) is 12.0. The highest BCUT2D eigenvalue weighted by Gasteiger charge is 1.98. The standard InChI is InChI=1S/C16H24N2/c17-14-16(18)13-9-4-2-1-3-6-10-15-11-7-5-8-12-15/h5,7-8,11-12,16H,1-4,6,9-10,13,18H2. The highest BCUT2D eigenvalue weighted by molar-refractivity contribution is 5.14. The van der Waals surface area contributed by atoms with Gasteiger partial charge in [0.25, 0.3) is 0 Å². The lowest BCUT2D eigenvalue weighted by atomic mass is 10.0. The number of aryl methyl sites for hydroxylation is 1. The molecule has 1 aromatic rings. The molecule has 0 spiro atoms. The van der Waals surface area contributed by atoms with Gasteiger partial charge in [0.1, 0.15) is 0 Å². The Morgan fingerprint density at radius 2 is 1.56 bits per heavy atom. The molecular formula is C16H24N2. The van der Waals surface area contributed by atoms with Gasteiger partial charge in [0.15, 0.2) is 0 Å². The van der Waals surface area contributed by atoms with Crippen LogP contribution in [-0.2, 0) is 6.42 Å². The predicted octanol–water partition coefficient (Wildman–Crippen LogP) is 3.81. The lowest BCUT2D eigenvalue weighted by molar-refractivity contribution is 0.566. The smallest absolute Gasteiger partial charge is 0.0928 e. The van der Waals surface area contributed by atoms with E-state index in [1.54, 1.807) is 0 Å². The first-order valence-electron chi connectivity index (χ1n) is 7.02. The Morgan fingerprint density at radius 3 is 2.22 bits per heavy atom. The van der Waals surface area contributed by atoms with E-state index in [2.05, 4.69) is 36.4 Å². The predicted molar refractivity (Wildman–Crippen MR) is 76.1 cm³/mol. The van der Waals surface area contributed by atoms with E-state index in [9.17, 15) is 0 Å². The molecule has 0 saturated carbocycles. The fourth-order valence-corrected chi connectivity index (χ4v) is 2.11. The van der Waals surface area contributed by atoms with Gasteiger partial charge in [0, 0.05) is 0 Å². The maximum Gasteiger partial charge on any atom is 0.0928 e. The summed E-state index contributed by atoms with van der Waals surface area (Å²) in [5, 5.41) is 8.54. The Bertz CT molecular complexity index is 340. The molecule has 0 amide bonds. The number of hydrogen-bond donors (Lipinski definition) is 1. The Hall–Kier alpha value is -1.33. The largest absolute Gasteiger partial charge is 0.316 e. The minimum absolute atomic E-state index is 0.261. The van der Waals surface area contributed by atoms with Crippen LogP contribution in [0, 0.1) is 11.3 Å². The summed E-state index contributed by atoms with van der Waals surface area (Å²) in [5.41, 5.74) is 6.98. The summed E-state index contributed by atoms with van der Waals surface area (Å²) in [4.78, 5) is 0. The van der Waals surface area contributed by atoms with E-state index in [4.69, 9.17) is 11.0 Å². The molecule has 2 N–H and O–H groups in total. The molecule has 0 radical (unpaired) electrons. The van der Waals surface area contributed by atoms with Crippen LogP contribution >= 0.6 is 0 Å². The van der Waals surface area contributed by atoms with Crippen molar-refractivity contribution >= 4 is 0 Å². The molecule has 0 aliphatic carbocycles. The summed E-state index contributed by atoms with van der Waals surface area (Å²) in [5.74, 6) is 0. The molecule has 0 heterocycles. The van der Waals surface area contributed by atoms with Gasteiger partial charge in [-0.2, -0.15) is 5.26 Å². The van der Waals surface area contributed by atoms with Gasteiger partial charge >= 0.3 is 0 Å². The van der Waals surface area contributed by atoms with E-state index >= 15 is 0 Å². The lowest BCUT2D eigenvalue weighted by Crippen LogP contribution is -2.16. The van der Waals surface area contributed by atoms with Crippen molar-refractivity contribution in [3.05, 3.63) is 35.9 Å². The minimum Gasteiger partial charge on any atom is -0.316 e. The molecule has 1 rings (SSSR count). The van der Waals surface area contributed by atoms with E-state index in [-0.39, 0.29) is 6.04 Å². The number of hydrogen-bond acceptors (Lipinski definition) is 2. The molecule has 98 valence electrons. The number of unbranched alkanes of at least 4 members (excludes halogenated alkanes) is 5. The van der Waals surface area contributed by atoms with Crippen molar-refractivity contribution in [1.29, 1.82) is 5.26 Å². The van der Waals surface area contributed by atoms with Gasteiger partial charge in [-0.1, -0.05) is 62.4 Å². The van der Waals surface area contributed by atoms with Crippen LogP contribution in [0.3, 0.4) is 0 Å². The van der Waals surface area contributed by atoms with Crippen molar-refractivity contribution in [1.82, 2.24) is 0 Å². The second kappa shape index (κ2) is 9.67. The quantitative estimate of drug-likeness (QED) is 0.671. The summed E-state index contributed by atoms with van der Waals surface area (Å²) in [7, 11) is 0. The molecule has 0 saturated heterocycles. The Labute approximate surface area is 111 Å². The molecule has 2 heteroatoms. The molecular weight excluding hydrogens is 220 g/mol. The van der Waals surface area contributed by atoms with Gasteiger partial charge in [-0.25, -0.2) is 0 Å². The van der Waals surface area contributed by atoms with Crippen molar-refractivity contribution in [2.75, 3.05) is 0 Å². The van der Waals surface area contributed by atoms with Crippen LogP contribution in [0.15, 0.2) is 30.3 Å². The zero-order valence-electron chi connectivity index (χ0n) is 11.1. The average Bonchev–Trinajstić information content (AvgIpc) is 2.42. The van der Waals surface area contributed by atoms with E-state index in [1.807, 2.05) is 0 Å². The van der Waals surface area contributed by atoms with E-state index in [0.717, 1.165) is 12.8 Å². The SMILES string of the molecule is N#CC(N)CCCCCCCCc1ccccc1. The highest BCUT2D eigenvalue weighted by Crippen LogP contribution is 2.10. The molecule has 18 heavy (non-hydrogen) atoms. The molecule has 1 unspecified atom stereocenters. The van der Waals surface area contributed by atoms with Crippen molar-refractivity contribution in [2.24, 2.45) is 5.73 Å². The molecule has 0 aromatic heterocycles. The second-order valence-corrected chi connectivity index (χ2v) is 4.88. The molecule has 0 bridgehead atoms. The van der Waals surface area contributed by atoms with Crippen molar-refractivity contribution < 1.29 is 0 Å². The third-order valence-corrected chi connectivity index (χ3v) is 3.24. The van der Waals surface area contributed by atoms with Gasteiger partial charge in [0.05, 0.1) is 12.1 Å². The number of nitrogens with zero attached hydrogens (tertiary/aromatic N) is 1. The van der Waals surface area contributed by atoms with Crippen LogP contribution in [0.25, 0.3) is 0 Å². The number of nitriles is 1. The highest BCUT2D eigenvalue weighted by atomic mass is 14.6. The van der Waals surface area contributed by atoms with Crippen molar-refractivity contribution in [2.45, 2.75) is 57.4 Å². The first-order chi connectivity index (χ1) is 8.83. The lowest BCUT2D eigenvalue weighted by Gasteiger charge is -2.03. The number of rotatable bonds is 9. The van der Waals surface area contributed by atoms with Crippen LogP contribution in [0.5, 0.6) is 0 Å². The van der Waals surface area contributed by atoms with Gasteiger partial charge in [-0.05, 0) is 24.8 Å². The van der Waals surface area contributed by atoms with Gasteiger partial charge in [-0.3, -0.25) is 0 Å². The fourth-order valence-electron chi connectivity index (χ4n) is 2.11. The van der Waals surface area contributed by atoms with Crippen LogP contribution in [0.1, 0.15) is 50.5 Å². The van der Waals surface area contributed by atoms with E-state index in [0.29, 0.717) is 0 Å². The first-order valence-corrected chi connectivity index (χ1v) is 7.02. The van der Waals surface area contributed by atoms with Gasteiger partial charge < -0.3 is 5.73 Å². The van der Waals surface area contributed by atoms with E-state index in [1.165, 1.54) is 44.1 Å². The molecule has 0 aliphatic heterocycles. The molecule has 0 fully saturated rings. The van der Waals surface area contributed by atoms with Crippen LogP contribution < -0.4 is 5.73 Å². The average molecular weight is 244 g/mol. The minimum atomic E-state index is -0.261. The number of benzene rings is 1. The van der Waals surface area contributed by atoms with Gasteiger partial charge in [-0.15, -0.1) is 0 Å². The topological polar surface area (TPSA) is 49.8 Å². The maximum absolute atomic E-state index is 8.54. The second-order valence-electron chi connectivity index (χ2n) is 4.88. The molecule has 1 aromatic carbocycles. The maximum atomic E-state index is 8.54. The summed E-state index contributed by atoms with van der Waals surface area (Å²) >= 11 is 0. The third-order valence-electron chi connectivity index (χ3n) is 3.24. The summed E-state index contributed by atoms with van der Waals surface area (Å²) in [6.45, 7) is 0. The zero-order chi connectivity index (χ0) is 13.1.